The molecule has 1 N–H and O–H groups in total. The van der Waals surface area contributed by atoms with E-state index in [0.29, 0.717) is 63.4 Å². The Bertz CT molecular complexity index is 914. The summed E-state index contributed by atoms with van der Waals surface area (Å²) in [4.78, 5) is 15.4. The van der Waals surface area contributed by atoms with Gasteiger partial charge in [0.1, 0.15) is 0 Å². The van der Waals surface area contributed by atoms with E-state index >= 15 is 0 Å². The highest BCUT2D eigenvalue weighted by atomic mass is 19.4. The third-order valence-electron chi connectivity index (χ3n) is 7.74. The molecule has 0 bridgehead atoms. The van der Waals surface area contributed by atoms with Crippen molar-refractivity contribution in [2.24, 2.45) is 17.3 Å². The number of rotatable bonds is 7. The summed E-state index contributed by atoms with van der Waals surface area (Å²) in [5.74, 6) is -2.50. The van der Waals surface area contributed by atoms with Crippen molar-refractivity contribution < 1.29 is 39.9 Å². The van der Waals surface area contributed by atoms with E-state index in [9.17, 15) is 39.9 Å². The van der Waals surface area contributed by atoms with Gasteiger partial charge in [-0.25, -0.2) is 8.78 Å². The molecule has 1 aromatic carbocycles. The topological polar surface area (TPSA) is 32.3 Å². The predicted molar refractivity (Wildman–Crippen MR) is 116 cm³/mol. The molecule has 4 rings (SSSR count). The van der Waals surface area contributed by atoms with Crippen LogP contribution in [0.2, 0.25) is 0 Å². The predicted octanol–water partition coefficient (Wildman–Crippen LogP) is 6.66. The molecule has 1 saturated heterocycles. The summed E-state index contributed by atoms with van der Waals surface area (Å²) in [6, 6.07) is 1.32. The van der Waals surface area contributed by atoms with Crippen LogP contribution in [0.5, 0.6) is 0 Å². The van der Waals surface area contributed by atoms with Crippen LogP contribution in [-0.2, 0) is 23.7 Å². The van der Waals surface area contributed by atoms with Crippen LogP contribution in [0.4, 0.5) is 35.1 Å². The summed E-state index contributed by atoms with van der Waals surface area (Å²) in [5, 5.41) is 2.61. The average molecular weight is 527 g/mol. The Labute approximate surface area is 204 Å². The van der Waals surface area contributed by atoms with Crippen LogP contribution in [0.15, 0.2) is 18.2 Å². The summed E-state index contributed by atoms with van der Waals surface area (Å²) in [6.07, 6.45) is -6.27. The van der Waals surface area contributed by atoms with Crippen molar-refractivity contribution in [2.45, 2.75) is 76.2 Å². The number of carbonyl (C=O) groups is 1. The molecule has 1 unspecified atom stereocenters. The lowest BCUT2D eigenvalue weighted by Gasteiger charge is -2.32. The fourth-order valence-electron chi connectivity index (χ4n) is 5.57. The Kier molecular flexibility index (Phi) is 7.36. The number of halogens is 8. The molecular formula is C25H30F8N2O. The molecule has 0 radical (unpaired) electrons. The minimum absolute atomic E-state index is 0.0654. The molecule has 1 aliphatic heterocycles. The standard InChI is InChI=1S/C25H30F8N2O/c26-23(27)5-3-17(4-6-23)14-35-8-7-22(15-35,12-16-1-2-16)21(36)34-13-18-9-19(24(28,29)30)11-20(10-18)25(31,32)33/h9-11,16-17H,1-8,12-15H2,(H,34,36). The Morgan fingerprint density at radius 1 is 0.889 bits per heavy atom. The third-order valence-corrected chi connectivity index (χ3v) is 7.74. The van der Waals surface area contributed by atoms with Gasteiger partial charge in [0, 0.05) is 32.5 Å². The number of hydrogen-bond acceptors (Lipinski definition) is 2. The SMILES string of the molecule is O=C(NCc1cc(C(F)(F)F)cc(C(F)(F)F)c1)C1(CC2CC2)CCN(CC2CCC(F)(F)CC2)C1. The molecule has 3 aliphatic rings. The highest BCUT2D eigenvalue weighted by molar-refractivity contribution is 5.83. The van der Waals surface area contributed by atoms with Crippen molar-refractivity contribution in [1.29, 1.82) is 0 Å². The molecule has 36 heavy (non-hydrogen) atoms. The van der Waals surface area contributed by atoms with E-state index in [1.807, 2.05) is 0 Å². The zero-order chi connectivity index (χ0) is 26.4. The van der Waals surface area contributed by atoms with Crippen LogP contribution in [0.1, 0.15) is 68.1 Å². The third kappa shape index (κ3) is 6.69. The van der Waals surface area contributed by atoms with Crippen LogP contribution in [0.25, 0.3) is 0 Å². The molecule has 202 valence electrons. The minimum Gasteiger partial charge on any atom is -0.352 e. The van der Waals surface area contributed by atoms with Crippen LogP contribution in [0, 0.1) is 17.3 Å². The van der Waals surface area contributed by atoms with Crippen molar-refractivity contribution in [3.8, 4) is 0 Å². The molecule has 3 fully saturated rings. The van der Waals surface area contributed by atoms with Gasteiger partial charge in [-0.2, -0.15) is 26.3 Å². The quantitative estimate of drug-likeness (QED) is 0.403. The summed E-state index contributed by atoms with van der Waals surface area (Å²) in [7, 11) is 0. The number of hydrogen-bond donors (Lipinski definition) is 1. The molecule has 1 heterocycles. The molecule has 2 saturated carbocycles. The van der Waals surface area contributed by atoms with Gasteiger partial charge in [-0.3, -0.25) is 4.79 Å². The Hall–Kier alpha value is -1.91. The summed E-state index contributed by atoms with van der Waals surface area (Å²) in [6.45, 7) is 1.18. The highest BCUT2D eigenvalue weighted by Gasteiger charge is 2.48. The molecule has 2 aliphatic carbocycles. The lowest BCUT2D eigenvalue weighted by atomic mass is 9.80. The van der Waals surface area contributed by atoms with Crippen LogP contribution < -0.4 is 5.32 Å². The average Bonchev–Trinajstić information content (AvgIpc) is 3.50. The Morgan fingerprint density at radius 2 is 1.47 bits per heavy atom. The van der Waals surface area contributed by atoms with Gasteiger partial charge in [0.2, 0.25) is 11.8 Å². The van der Waals surface area contributed by atoms with Gasteiger partial charge in [0.15, 0.2) is 0 Å². The zero-order valence-electron chi connectivity index (χ0n) is 19.8. The van der Waals surface area contributed by atoms with Crippen LogP contribution in [-0.4, -0.2) is 36.4 Å². The van der Waals surface area contributed by atoms with Crippen molar-refractivity contribution in [1.82, 2.24) is 10.2 Å². The number of likely N-dealkylation sites (tertiary alicyclic amines) is 1. The minimum atomic E-state index is -4.96. The van der Waals surface area contributed by atoms with Gasteiger partial charge in [0.25, 0.3) is 0 Å². The van der Waals surface area contributed by atoms with Crippen LogP contribution >= 0.6 is 0 Å². The monoisotopic (exact) mass is 526 g/mol. The van der Waals surface area contributed by atoms with E-state index in [2.05, 4.69) is 10.2 Å². The molecular weight excluding hydrogens is 496 g/mol. The molecule has 1 atom stereocenters. The van der Waals surface area contributed by atoms with Crippen molar-refractivity contribution in [3.63, 3.8) is 0 Å². The summed E-state index contributed by atoms with van der Waals surface area (Å²) >= 11 is 0. The maximum absolute atomic E-state index is 13.5. The fourth-order valence-corrected chi connectivity index (χ4v) is 5.57. The smallest absolute Gasteiger partial charge is 0.352 e. The van der Waals surface area contributed by atoms with Gasteiger partial charge < -0.3 is 10.2 Å². The second-order valence-corrected chi connectivity index (χ2v) is 10.8. The second-order valence-electron chi connectivity index (χ2n) is 10.8. The maximum atomic E-state index is 13.5. The largest absolute Gasteiger partial charge is 0.416 e. The van der Waals surface area contributed by atoms with E-state index in [-0.39, 0.29) is 36.3 Å². The van der Waals surface area contributed by atoms with Gasteiger partial charge in [-0.1, -0.05) is 12.8 Å². The zero-order valence-corrected chi connectivity index (χ0v) is 19.8. The first-order valence-electron chi connectivity index (χ1n) is 12.3. The number of benzene rings is 1. The number of alkyl halides is 8. The fraction of sp³-hybridized carbons (Fsp3) is 0.720. The van der Waals surface area contributed by atoms with E-state index in [4.69, 9.17) is 0 Å². The summed E-state index contributed by atoms with van der Waals surface area (Å²) in [5.41, 5.74) is -3.89. The van der Waals surface area contributed by atoms with E-state index in [0.717, 1.165) is 12.8 Å². The van der Waals surface area contributed by atoms with Gasteiger partial charge in [-0.05, 0) is 67.8 Å². The van der Waals surface area contributed by atoms with E-state index in [1.54, 1.807) is 0 Å². The Balaban J connectivity index is 1.43. The summed E-state index contributed by atoms with van der Waals surface area (Å²) < 4.78 is 106. The van der Waals surface area contributed by atoms with Crippen LogP contribution in [0.3, 0.4) is 0 Å². The second kappa shape index (κ2) is 9.76. The van der Waals surface area contributed by atoms with Crippen molar-refractivity contribution in [3.05, 3.63) is 34.9 Å². The maximum Gasteiger partial charge on any atom is 0.416 e. The van der Waals surface area contributed by atoms with Crippen molar-refractivity contribution in [2.75, 3.05) is 19.6 Å². The lowest BCUT2D eigenvalue weighted by Crippen LogP contribution is -2.44. The van der Waals surface area contributed by atoms with Crippen molar-refractivity contribution >= 4 is 5.91 Å². The van der Waals surface area contributed by atoms with Gasteiger partial charge in [0.05, 0.1) is 16.5 Å². The van der Waals surface area contributed by atoms with Gasteiger partial charge >= 0.3 is 12.4 Å². The molecule has 0 aromatic heterocycles. The number of amides is 1. The highest BCUT2D eigenvalue weighted by Crippen LogP contribution is 2.46. The molecule has 11 heteroatoms. The first kappa shape index (κ1) is 27.1. The number of carbonyl (C=O) groups excluding carboxylic acids is 1. The first-order valence-corrected chi connectivity index (χ1v) is 12.3. The first-order chi connectivity index (χ1) is 16.7. The molecule has 1 aromatic rings. The van der Waals surface area contributed by atoms with E-state index in [1.165, 1.54) is 0 Å². The molecule has 3 nitrogen and oxygen atoms in total. The van der Waals surface area contributed by atoms with Gasteiger partial charge in [-0.15, -0.1) is 0 Å². The Morgan fingerprint density at radius 3 is 2.00 bits per heavy atom. The molecule has 1 amide bonds. The number of nitrogens with zero attached hydrogens (tertiary/aromatic N) is 1. The lowest BCUT2D eigenvalue weighted by molar-refractivity contribution is -0.143. The molecule has 0 spiro atoms. The number of nitrogens with one attached hydrogen (secondary N) is 1. The normalized spacial score (nSPS) is 25.8. The van der Waals surface area contributed by atoms with E-state index < -0.39 is 41.4 Å².